The Morgan fingerprint density at radius 1 is 1.41 bits per heavy atom. The maximum Gasteiger partial charge on any atom is 0.337 e. The third kappa shape index (κ3) is 4.54. The molecule has 1 N–H and O–H groups in total. The molecule has 94 valence electrons. The second-order valence-electron chi connectivity index (χ2n) is 4.23. The minimum atomic E-state index is -0.339. The zero-order valence-electron chi connectivity index (χ0n) is 10.5. The Morgan fingerprint density at radius 2 is 2.00 bits per heavy atom. The molecular weight excluding hydrogens is 218 g/mol. The van der Waals surface area contributed by atoms with Crippen LogP contribution in [0.25, 0.3) is 0 Å². The van der Waals surface area contributed by atoms with Crippen LogP contribution in [0.3, 0.4) is 0 Å². The number of carbonyl (C=O) groups excluding carboxylic acids is 1. The topological polar surface area (TPSA) is 49.8 Å². The highest BCUT2D eigenvalue weighted by molar-refractivity contribution is 5.89. The van der Waals surface area contributed by atoms with Crippen LogP contribution in [-0.4, -0.2) is 42.8 Å². The first kappa shape index (κ1) is 13.7. The maximum absolute atomic E-state index is 11.2. The largest absolute Gasteiger partial charge is 0.465 e. The average molecular weight is 237 g/mol. The van der Waals surface area contributed by atoms with E-state index in [9.17, 15) is 9.90 Å². The van der Waals surface area contributed by atoms with E-state index in [1.807, 2.05) is 24.1 Å². The molecule has 1 aromatic carbocycles. The number of ether oxygens (including phenoxy) is 1. The van der Waals surface area contributed by atoms with Crippen molar-refractivity contribution in [1.29, 1.82) is 0 Å². The highest BCUT2D eigenvalue weighted by Crippen LogP contribution is 2.08. The fourth-order valence-electron chi connectivity index (χ4n) is 1.69. The summed E-state index contributed by atoms with van der Waals surface area (Å²) in [5.74, 6) is -0.325. The van der Waals surface area contributed by atoms with Crippen molar-refractivity contribution in [1.82, 2.24) is 4.90 Å². The Bertz CT molecular complexity index is 359. The van der Waals surface area contributed by atoms with Crippen molar-refractivity contribution >= 4 is 5.97 Å². The molecular formula is C13H19NO3. The number of esters is 1. The second-order valence-corrected chi connectivity index (χ2v) is 4.23. The minimum absolute atomic E-state index is 0.325. The lowest BCUT2D eigenvalue weighted by atomic mass is 10.1. The van der Waals surface area contributed by atoms with E-state index in [2.05, 4.69) is 4.74 Å². The molecule has 0 spiro atoms. The molecule has 1 atom stereocenters. The van der Waals surface area contributed by atoms with Crippen LogP contribution < -0.4 is 0 Å². The van der Waals surface area contributed by atoms with Crippen molar-refractivity contribution in [3.05, 3.63) is 35.4 Å². The smallest absolute Gasteiger partial charge is 0.337 e. The van der Waals surface area contributed by atoms with Gasteiger partial charge in [-0.05, 0) is 31.7 Å². The number of methoxy groups -OCH3 is 1. The molecule has 0 saturated carbocycles. The standard InChI is InChI=1S/C13H19NO3/c1-10(15)8-14(2)9-11-4-6-12(7-5-11)13(16)17-3/h4-7,10,15H,8-9H2,1-3H3. The van der Waals surface area contributed by atoms with Gasteiger partial charge in [0.2, 0.25) is 0 Å². The highest BCUT2D eigenvalue weighted by Gasteiger charge is 2.06. The van der Waals surface area contributed by atoms with Crippen LogP contribution >= 0.6 is 0 Å². The molecule has 4 heteroatoms. The molecule has 0 saturated heterocycles. The van der Waals surface area contributed by atoms with E-state index in [1.54, 1.807) is 19.1 Å². The molecule has 0 bridgehead atoms. The zero-order valence-corrected chi connectivity index (χ0v) is 10.5. The van der Waals surface area contributed by atoms with Crippen LogP contribution in [0, 0.1) is 0 Å². The summed E-state index contributed by atoms with van der Waals surface area (Å²) >= 11 is 0. The van der Waals surface area contributed by atoms with Crippen molar-refractivity contribution < 1.29 is 14.6 Å². The van der Waals surface area contributed by atoms with Gasteiger partial charge in [0.25, 0.3) is 0 Å². The molecule has 0 fully saturated rings. The van der Waals surface area contributed by atoms with Gasteiger partial charge in [-0.2, -0.15) is 0 Å². The monoisotopic (exact) mass is 237 g/mol. The van der Waals surface area contributed by atoms with Gasteiger partial charge >= 0.3 is 5.97 Å². The number of nitrogens with zero attached hydrogens (tertiary/aromatic N) is 1. The van der Waals surface area contributed by atoms with Gasteiger partial charge in [0.15, 0.2) is 0 Å². The van der Waals surface area contributed by atoms with E-state index in [4.69, 9.17) is 0 Å². The maximum atomic E-state index is 11.2. The molecule has 0 radical (unpaired) electrons. The van der Waals surface area contributed by atoms with Crippen LogP contribution in [0.2, 0.25) is 0 Å². The first-order chi connectivity index (χ1) is 8.02. The van der Waals surface area contributed by atoms with Crippen LogP contribution in [0.1, 0.15) is 22.8 Å². The van der Waals surface area contributed by atoms with Crippen LogP contribution in [0.4, 0.5) is 0 Å². The van der Waals surface area contributed by atoms with Gasteiger partial charge in [-0.3, -0.25) is 4.90 Å². The number of rotatable bonds is 5. The lowest BCUT2D eigenvalue weighted by Crippen LogP contribution is -2.26. The van der Waals surface area contributed by atoms with Crippen molar-refractivity contribution in [2.75, 3.05) is 20.7 Å². The van der Waals surface area contributed by atoms with Crippen molar-refractivity contribution in [2.45, 2.75) is 19.6 Å². The lowest BCUT2D eigenvalue weighted by Gasteiger charge is -2.18. The number of hydrogen-bond donors (Lipinski definition) is 1. The number of carbonyl (C=O) groups is 1. The summed E-state index contributed by atoms with van der Waals surface area (Å²) in [7, 11) is 3.31. The predicted octanol–water partition coefficient (Wildman–Crippen LogP) is 1.29. The van der Waals surface area contributed by atoms with E-state index >= 15 is 0 Å². The second kappa shape index (κ2) is 6.37. The van der Waals surface area contributed by atoms with Gasteiger partial charge in [-0.15, -0.1) is 0 Å². The third-order valence-corrected chi connectivity index (χ3v) is 2.40. The SMILES string of the molecule is COC(=O)c1ccc(CN(C)CC(C)O)cc1. The van der Waals surface area contributed by atoms with E-state index in [1.165, 1.54) is 7.11 Å². The third-order valence-electron chi connectivity index (χ3n) is 2.40. The normalized spacial score (nSPS) is 12.5. The molecule has 1 rings (SSSR count). The summed E-state index contributed by atoms with van der Waals surface area (Å²) in [6, 6.07) is 7.28. The van der Waals surface area contributed by atoms with Crippen LogP contribution in [0.15, 0.2) is 24.3 Å². The van der Waals surface area contributed by atoms with E-state index in [0.29, 0.717) is 12.1 Å². The molecule has 0 aromatic heterocycles. The molecule has 17 heavy (non-hydrogen) atoms. The number of likely N-dealkylation sites (N-methyl/N-ethyl adjacent to an activating group) is 1. The van der Waals surface area contributed by atoms with Gasteiger partial charge < -0.3 is 9.84 Å². The Morgan fingerprint density at radius 3 is 2.47 bits per heavy atom. The quantitative estimate of drug-likeness (QED) is 0.784. The first-order valence-corrected chi connectivity index (χ1v) is 5.56. The van der Waals surface area contributed by atoms with E-state index in [-0.39, 0.29) is 12.1 Å². The molecule has 1 unspecified atom stereocenters. The molecule has 1 aromatic rings. The zero-order chi connectivity index (χ0) is 12.8. The lowest BCUT2D eigenvalue weighted by molar-refractivity contribution is 0.0600. The van der Waals surface area contributed by atoms with Crippen molar-refractivity contribution in [2.24, 2.45) is 0 Å². The fourth-order valence-corrected chi connectivity index (χ4v) is 1.69. The van der Waals surface area contributed by atoms with E-state index in [0.717, 1.165) is 12.1 Å². The van der Waals surface area contributed by atoms with Gasteiger partial charge in [0.1, 0.15) is 0 Å². The fraction of sp³-hybridized carbons (Fsp3) is 0.462. The van der Waals surface area contributed by atoms with Gasteiger partial charge in [-0.25, -0.2) is 4.79 Å². The van der Waals surface area contributed by atoms with Crippen molar-refractivity contribution in [3.63, 3.8) is 0 Å². The highest BCUT2D eigenvalue weighted by atomic mass is 16.5. The minimum Gasteiger partial charge on any atom is -0.465 e. The molecule has 0 amide bonds. The summed E-state index contributed by atoms with van der Waals surface area (Å²) in [6.45, 7) is 3.13. The molecule has 4 nitrogen and oxygen atoms in total. The molecule has 0 aliphatic carbocycles. The molecule has 0 aliphatic heterocycles. The summed E-state index contributed by atoms with van der Waals surface area (Å²) in [6.07, 6.45) is -0.339. The number of aliphatic hydroxyl groups excluding tert-OH is 1. The Kier molecular flexibility index (Phi) is 5.12. The average Bonchev–Trinajstić information content (AvgIpc) is 2.28. The number of benzene rings is 1. The Labute approximate surface area is 102 Å². The summed E-state index contributed by atoms with van der Waals surface area (Å²) in [4.78, 5) is 13.3. The van der Waals surface area contributed by atoms with Gasteiger partial charge in [0.05, 0.1) is 18.8 Å². The predicted molar refractivity (Wildman–Crippen MR) is 65.8 cm³/mol. The number of aliphatic hydroxyl groups is 1. The molecule has 0 aliphatic rings. The summed E-state index contributed by atoms with van der Waals surface area (Å²) in [5, 5.41) is 9.25. The van der Waals surface area contributed by atoms with E-state index < -0.39 is 0 Å². The Balaban J connectivity index is 2.59. The number of hydrogen-bond acceptors (Lipinski definition) is 4. The Hall–Kier alpha value is -1.39. The van der Waals surface area contributed by atoms with Crippen molar-refractivity contribution in [3.8, 4) is 0 Å². The summed E-state index contributed by atoms with van der Waals surface area (Å²) < 4.78 is 4.63. The molecule has 0 heterocycles. The van der Waals surface area contributed by atoms with Crippen LogP contribution in [0.5, 0.6) is 0 Å². The first-order valence-electron chi connectivity index (χ1n) is 5.56. The van der Waals surface area contributed by atoms with Crippen LogP contribution in [-0.2, 0) is 11.3 Å². The van der Waals surface area contributed by atoms with Gasteiger partial charge in [0, 0.05) is 13.1 Å². The van der Waals surface area contributed by atoms with Gasteiger partial charge in [-0.1, -0.05) is 12.1 Å². The summed E-state index contributed by atoms with van der Waals surface area (Å²) in [5.41, 5.74) is 1.65.